The Morgan fingerprint density at radius 2 is 1.88 bits per heavy atom. The highest BCUT2D eigenvalue weighted by atomic mass is 16.6. The Morgan fingerprint density at radius 1 is 1.21 bits per heavy atom. The standard InChI is InChI=1S/C24H35N3O6/c1-8-13-27(22(30)16(3)26-23(31)33-24(4,5)6)20(21(29)25-15-19(28)32-7)18-12-10-11-17(9-2)14-18/h9-12,14,16,20H,2,8,13,15H2,1,3-7H3,(H,25,29)(H,26,31). The van der Waals surface area contributed by atoms with Crippen molar-refractivity contribution in [1.29, 1.82) is 0 Å². The number of nitrogens with zero attached hydrogens (tertiary/aromatic N) is 1. The Morgan fingerprint density at radius 3 is 2.42 bits per heavy atom. The lowest BCUT2D eigenvalue weighted by molar-refractivity contribution is -0.144. The minimum atomic E-state index is -1.04. The van der Waals surface area contributed by atoms with Crippen molar-refractivity contribution < 1.29 is 28.7 Å². The molecule has 9 nitrogen and oxygen atoms in total. The number of carbonyl (C=O) groups excluding carboxylic acids is 4. The number of rotatable bonds is 10. The molecule has 33 heavy (non-hydrogen) atoms. The lowest BCUT2D eigenvalue weighted by Crippen LogP contribution is -2.52. The fraction of sp³-hybridized carbons (Fsp3) is 0.500. The normalized spacial score (nSPS) is 12.7. The SMILES string of the molecule is C=Cc1cccc(C(C(=O)NCC(=O)OC)N(CCC)C(=O)C(C)NC(=O)OC(C)(C)C)c1. The summed E-state index contributed by atoms with van der Waals surface area (Å²) in [7, 11) is 1.22. The molecule has 2 atom stereocenters. The summed E-state index contributed by atoms with van der Waals surface area (Å²) in [4.78, 5) is 51.7. The van der Waals surface area contributed by atoms with E-state index in [9.17, 15) is 19.2 Å². The van der Waals surface area contributed by atoms with E-state index in [-0.39, 0.29) is 13.1 Å². The molecule has 182 valence electrons. The molecule has 1 rings (SSSR count). The summed E-state index contributed by atoms with van der Waals surface area (Å²) in [6, 6.07) is 5.05. The molecule has 0 fully saturated rings. The van der Waals surface area contributed by atoms with Crippen LogP contribution in [0.15, 0.2) is 30.8 Å². The van der Waals surface area contributed by atoms with Gasteiger partial charge in [-0.3, -0.25) is 14.4 Å². The predicted octanol–water partition coefficient (Wildman–Crippen LogP) is 2.81. The zero-order valence-corrected chi connectivity index (χ0v) is 20.3. The summed E-state index contributed by atoms with van der Waals surface area (Å²) in [5.41, 5.74) is 0.584. The molecule has 0 bridgehead atoms. The minimum Gasteiger partial charge on any atom is -0.468 e. The van der Waals surface area contributed by atoms with Crippen LogP contribution in [-0.2, 0) is 23.9 Å². The van der Waals surface area contributed by atoms with Crippen molar-refractivity contribution in [2.45, 2.75) is 58.7 Å². The van der Waals surface area contributed by atoms with Gasteiger partial charge in [0.1, 0.15) is 24.2 Å². The second-order valence-electron chi connectivity index (χ2n) is 8.47. The number of amides is 3. The molecule has 2 N–H and O–H groups in total. The van der Waals surface area contributed by atoms with Gasteiger partial charge in [-0.25, -0.2) is 4.79 Å². The second-order valence-corrected chi connectivity index (χ2v) is 8.47. The summed E-state index contributed by atoms with van der Waals surface area (Å²) < 4.78 is 9.83. The van der Waals surface area contributed by atoms with Gasteiger partial charge in [-0.2, -0.15) is 0 Å². The smallest absolute Gasteiger partial charge is 0.408 e. The summed E-state index contributed by atoms with van der Waals surface area (Å²) in [5.74, 6) is -1.63. The first-order valence-electron chi connectivity index (χ1n) is 10.8. The van der Waals surface area contributed by atoms with Crippen LogP contribution in [0.4, 0.5) is 4.79 Å². The van der Waals surface area contributed by atoms with Crippen LogP contribution in [0.5, 0.6) is 0 Å². The first-order chi connectivity index (χ1) is 15.4. The molecule has 0 radical (unpaired) electrons. The van der Waals surface area contributed by atoms with Crippen molar-refractivity contribution in [3.8, 4) is 0 Å². The van der Waals surface area contributed by atoms with E-state index >= 15 is 0 Å². The molecule has 0 saturated heterocycles. The van der Waals surface area contributed by atoms with Crippen molar-refractivity contribution >= 4 is 30.0 Å². The average molecular weight is 462 g/mol. The number of hydrogen-bond acceptors (Lipinski definition) is 6. The number of carbonyl (C=O) groups is 4. The van der Waals surface area contributed by atoms with Crippen LogP contribution in [0.1, 0.15) is 58.2 Å². The monoisotopic (exact) mass is 461 g/mol. The number of ether oxygens (including phenoxy) is 2. The van der Waals surface area contributed by atoms with Crippen LogP contribution in [0.25, 0.3) is 6.08 Å². The molecule has 3 amide bonds. The van der Waals surface area contributed by atoms with E-state index in [1.165, 1.54) is 18.9 Å². The van der Waals surface area contributed by atoms with E-state index in [1.807, 2.05) is 13.0 Å². The maximum atomic E-state index is 13.4. The quantitative estimate of drug-likeness (QED) is 0.518. The highest BCUT2D eigenvalue weighted by molar-refractivity contribution is 5.93. The molecule has 0 aliphatic heterocycles. The van der Waals surface area contributed by atoms with Crippen LogP contribution in [-0.4, -0.2) is 60.6 Å². The van der Waals surface area contributed by atoms with Crippen LogP contribution in [0.2, 0.25) is 0 Å². The second kappa shape index (κ2) is 12.6. The van der Waals surface area contributed by atoms with Crippen molar-refractivity contribution in [2.24, 2.45) is 0 Å². The van der Waals surface area contributed by atoms with Gasteiger partial charge in [-0.1, -0.05) is 37.8 Å². The van der Waals surface area contributed by atoms with E-state index in [2.05, 4.69) is 21.9 Å². The molecule has 1 aromatic rings. The van der Waals surface area contributed by atoms with Crippen LogP contribution in [0, 0.1) is 0 Å². The molecule has 9 heteroatoms. The van der Waals surface area contributed by atoms with Crippen molar-refractivity contribution in [2.75, 3.05) is 20.2 Å². The van der Waals surface area contributed by atoms with Gasteiger partial charge < -0.3 is 25.0 Å². The van der Waals surface area contributed by atoms with Gasteiger partial charge in [0.25, 0.3) is 0 Å². The van der Waals surface area contributed by atoms with Gasteiger partial charge in [0.2, 0.25) is 11.8 Å². The highest BCUT2D eigenvalue weighted by Gasteiger charge is 2.34. The van der Waals surface area contributed by atoms with Gasteiger partial charge >= 0.3 is 12.1 Å². The maximum Gasteiger partial charge on any atom is 0.408 e. The molecule has 0 aliphatic rings. The number of hydrogen-bond donors (Lipinski definition) is 2. The van der Waals surface area contributed by atoms with Gasteiger partial charge in [-0.15, -0.1) is 0 Å². The van der Waals surface area contributed by atoms with Gasteiger partial charge in [-0.05, 0) is 51.3 Å². The number of nitrogens with one attached hydrogen (secondary N) is 2. The van der Waals surface area contributed by atoms with E-state index in [4.69, 9.17) is 4.74 Å². The van der Waals surface area contributed by atoms with Crippen molar-refractivity contribution in [3.05, 3.63) is 42.0 Å². The molecule has 0 saturated carbocycles. The zero-order valence-electron chi connectivity index (χ0n) is 20.3. The Labute approximate surface area is 195 Å². The molecular weight excluding hydrogens is 426 g/mol. The number of alkyl carbamates (subject to hydrolysis) is 1. The highest BCUT2D eigenvalue weighted by Crippen LogP contribution is 2.24. The third-order valence-corrected chi connectivity index (χ3v) is 4.51. The maximum absolute atomic E-state index is 13.4. The molecule has 2 unspecified atom stereocenters. The minimum absolute atomic E-state index is 0.244. The van der Waals surface area contributed by atoms with E-state index < -0.39 is 41.6 Å². The lowest BCUT2D eigenvalue weighted by Gasteiger charge is -2.33. The van der Waals surface area contributed by atoms with Crippen molar-refractivity contribution in [3.63, 3.8) is 0 Å². The molecule has 0 aromatic heterocycles. The number of esters is 1. The molecule has 1 aromatic carbocycles. The number of methoxy groups -OCH3 is 1. The summed E-state index contributed by atoms with van der Waals surface area (Å²) in [5, 5.41) is 5.06. The summed E-state index contributed by atoms with van der Waals surface area (Å²) in [6.07, 6.45) is 1.46. The predicted molar refractivity (Wildman–Crippen MR) is 125 cm³/mol. The van der Waals surface area contributed by atoms with Gasteiger partial charge in [0.05, 0.1) is 7.11 Å². The first kappa shape index (κ1) is 27.7. The summed E-state index contributed by atoms with van der Waals surface area (Å²) >= 11 is 0. The third-order valence-electron chi connectivity index (χ3n) is 4.51. The van der Waals surface area contributed by atoms with Crippen LogP contribution in [0.3, 0.4) is 0 Å². The first-order valence-corrected chi connectivity index (χ1v) is 10.8. The fourth-order valence-corrected chi connectivity index (χ4v) is 3.06. The Balaban J connectivity index is 3.28. The Bertz CT molecular complexity index is 862. The number of benzene rings is 1. The Hall–Kier alpha value is -3.36. The largest absolute Gasteiger partial charge is 0.468 e. The van der Waals surface area contributed by atoms with E-state index in [1.54, 1.807) is 45.0 Å². The summed E-state index contributed by atoms with van der Waals surface area (Å²) in [6.45, 7) is 12.2. The molecule has 0 spiro atoms. The van der Waals surface area contributed by atoms with Crippen molar-refractivity contribution in [1.82, 2.24) is 15.5 Å². The average Bonchev–Trinajstić information content (AvgIpc) is 2.75. The van der Waals surface area contributed by atoms with E-state index in [0.29, 0.717) is 12.0 Å². The molecular formula is C24H35N3O6. The van der Waals surface area contributed by atoms with Crippen LogP contribution < -0.4 is 10.6 Å². The van der Waals surface area contributed by atoms with Crippen LogP contribution >= 0.6 is 0 Å². The van der Waals surface area contributed by atoms with E-state index in [0.717, 1.165) is 5.56 Å². The third kappa shape index (κ3) is 8.96. The zero-order chi connectivity index (χ0) is 25.2. The molecule has 0 heterocycles. The van der Waals surface area contributed by atoms with Gasteiger partial charge in [0, 0.05) is 6.54 Å². The Kier molecular flexibility index (Phi) is 10.6. The molecule has 0 aliphatic carbocycles. The van der Waals surface area contributed by atoms with Gasteiger partial charge in [0.15, 0.2) is 0 Å². The lowest BCUT2D eigenvalue weighted by atomic mass is 10.0. The fourth-order valence-electron chi connectivity index (χ4n) is 3.06. The topological polar surface area (TPSA) is 114 Å².